The highest BCUT2D eigenvalue weighted by molar-refractivity contribution is 5.88. The summed E-state index contributed by atoms with van der Waals surface area (Å²) >= 11 is 0. The van der Waals surface area contributed by atoms with Gasteiger partial charge in [-0.15, -0.1) is 0 Å². The van der Waals surface area contributed by atoms with E-state index in [0.717, 1.165) is 25.7 Å². The smallest absolute Gasteiger partial charge is 0.239 e. The molecule has 20 heavy (non-hydrogen) atoms. The van der Waals surface area contributed by atoms with E-state index in [4.69, 9.17) is 5.73 Å². The maximum Gasteiger partial charge on any atom is 0.239 e. The molecule has 0 aliphatic heterocycles. The fourth-order valence-electron chi connectivity index (χ4n) is 2.91. The number of likely N-dealkylation sites (N-methyl/N-ethyl adjacent to an activating group) is 2. The molecule has 1 rings (SSSR count). The normalized spacial score (nSPS) is 26.1. The number of rotatable bonds is 6. The average molecular weight is 283 g/mol. The first-order chi connectivity index (χ1) is 9.49. The van der Waals surface area contributed by atoms with Gasteiger partial charge in [0.2, 0.25) is 11.8 Å². The molecule has 0 spiro atoms. The summed E-state index contributed by atoms with van der Waals surface area (Å²) in [5.41, 5.74) is 5.47. The highest BCUT2D eigenvalue weighted by Crippen LogP contribution is 2.39. The molecular formula is C15H29N3O2. The third-order valence-corrected chi connectivity index (χ3v) is 4.45. The Morgan fingerprint density at radius 1 is 1.30 bits per heavy atom. The second-order valence-electron chi connectivity index (χ2n) is 5.94. The number of carbonyl (C=O) groups is 2. The van der Waals surface area contributed by atoms with Crippen molar-refractivity contribution in [1.29, 1.82) is 0 Å². The first-order valence-electron chi connectivity index (χ1n) is 7.75. The first-order valence-corrected chi connectivity index (χ1v) is 7.75. The van der Waals surface area contributed by atoms with Gasteiger partial charge in [0.25, 0.3) is 0 Å². The quantitative estimate of drug-likeness (QED) is 0.767. The van der Waals surface area contributed by atoms with E-state index in [-0.39, 0.29) is 18.4 Å². The van der Waals surface area contributed by atoms with Crippen LogP contribution in [0.5, 0.6) is 0 Å². The molecule has 0 heterocycles. The second kappa shape index (κ2) is 7.62. The van der Waals surface area contributed by atoms with E-state index >= 15 is 0 Å². The SMILES string of the molecule is CCNC(=O)CN(CC)C(=O)C1(CN)CCC(C)CC1. The summed E-state index contributed by atoms with van der Waals surface area (Å²) < 4.78 is 0. The van der Waals surface area contributed by atoms with Crippen LogP contribution in [0.2, 0.25) is 0 Å². The van der Waals surface area contributed by atoms with Crippen molar-refractivity contribution in [3.05, 3.63) is 0 Å². The van der Waals surface area contributed by atoms with Gasteiger partial charge in [0.15, 0.2) is 0 Å². The standard InChI is InChI=1S/C15H29N3O2/c1-4-17-13(19)10-18(5-2)14(20)15(11-16)8-6-12(3)7-9-15/h12H,4-11,16H2,1-3H3,(H,17,19). The zero-order valence-electron chi connectivity index (χ0n) is 13.1. The monoisotopic (exact) mass is 283 g/mol. The molecule has 0 saturated heterocycles. The van der Waals surface area contributed by atoms with E-state index in [2.05, 4.69) is 12.2 Å². The highest BCUT2D eigenvalue weighted by Gasteiger charge is 2.42. The van der Waals surface area contributed by atoms with E-state index in [9.17, 15) is 9.59 Å². The predicted octanol–water partition coefficient (Wildman–Crippen LogP) is 1.13. The third kappa shape index (κ3) is 3.95. The Hall–Kier alpha value is -1.10. The minimum Gasteiger partial charge on any atom is -0.355 e. The van der Waals surface area contributed by atoms with Crippen LogP contribution >= 0.6 is 0 Å². The summed E-state index contributed by atoms with van der Waals surface area (Å²) in [7, 11) is 0. The molecule has 0 aromatic heterocycles. The molecule has 1 aliphatic carbocycles. The van der Waals surface area contributed by atoms with Crippen LogP contribution in [0.3, 0.4) is 0 Å². The number of amides is 2. The molecular weight excluding hydrogens is 254 g/mol. The van der Waals surface area contributed by atoms with E-state index in [1.54, 1.807) is 4.90 Å². The molecule has 5 heteroatoms. The molecule has 0 unspecified atom stereocenters. The third-order valence-electron chi connectivity index (χ3n) is 4.45. The van der Waals surface area contributed by atoms with Gasteiger partial charge in [0.05, 0.1) is 12.0 Å². The Morgan fingerprint density at radius 2 is 1.90 bits per heavy atom. The molecule has 1 aliphatic rings. The minimum absolute atomic E-state index is 0.0562. The van der Waals surface area contributed by atoms with Crippen LogP contribution in [0.15, 0.2) is 0 Å². The number of nitrogens with two attached hydrogens (primary N) is 1. The fraction of sp³-hybridized carbons (Fsp3) is 0.867. The maximum absolute atomic E-state index is 12.8. The van der Waals surface area contributed by atoms with Crippen molar-refractivity contribution in [2.75, 3.05) is 26.2 Å². The topological polar surface area (TPSA) is 75.4 Å². The lowest BCUT2D eigenvalue weighted by Gasteiger charge is -2.40. The van der Waals surface area contributed by atoms with Gasteiger partial charge in [-0.3, -0.25) is 9.59 Å². The van der Waals surface area contributed by atoms with Crippen molar-refractivity contribution in [3.8, 4) is 0 Å². The lowest BCUT2D eigenvalue weighted by molar-refractivity contribution is -0.146. The van der Waals surface area contributed by atoms with Crippen LogP contribution in [0.1, 0.15) is 46.5 Å². The Morgan fingerprint density at radius 3 is 2.35 bits per heavy atom. The van der Waals surface area contributed by atoms with Crippen LogP contribution in [-0.4, -0.2) is 42.9 Å². The van der Waals surface area contributed by atoms with Gasteiger partial charge in [0, 0.05) is 19.6 Å². The molecule has 0 aromatic rings. The van der Waals surface area contributed by atoms with Crippen molar-refractivity contribution in [3.63, 3.8) is 0 Å². The number of carbonyl (C=O) groups excluding carboxylic acids is 2. The predicted molar refractivity (Wildman–Crippen MR) is 80.1 cm³/mol. The highest BCUT2D eigenvalue weighted by atomic mass is 16.2. The molecule has 0 bridgehead atoms. The van der Waals surface area contributed by atoms with Crippen molar-refractivity contribution < 1.29 is 9.59 Å². The minimum atomic E-state index is -0.449. The van der Waals surface area contributed by atoms with Gasteiger partial charge in [-0.2, -0.15) is 0 Å². The molecule has 0 radical (unpaired) electrons. The molecule has 0 atom stereocenters. The van der Waals surface area contributed by atoms with Crippen LogP contribution in [0, 0.1) is 11.3 Å². The lowest BCUT2D eigenvalue weighted by Crippen LogP contribution is -2.52. The van der Waals surface area contributed by atoms with Gasteiger partial charge in [-0.05, 0) is 45.4 Å². The molecule has 0 aromatic carbocycles. The van der Waals surface area contributed by atoms with E-state index in [0.29, 0.717) is 25.6 Å². The molecule has 116 valence electrons. The maximum atomic E-state index is 12.8. The van der Waals surface area contributed by atoms with Crippen LogP contribution in [0.4, 0.5) is 0 Å². The number of nitrogens with zero attached hydrogens (tertiary/aromatic N) is 1. The Bertz CT molecular complexity index is 336. The second-order valence-corrected chi connectivity index (χ2v) is 5.94. The van der Waals surface area contributed by atoms with Gasteiger partial charge in [-0.25, -0.2) is 0 Å². The Labute approximate surface area is 122 Å². The summed E-state index contributed by atoms with van der Waals surface area (Å²) in [6, 6.07) is 0. The molecule has 2 amide bonds. The van der Waals surface area contributed by atoms with Crippen LogP contribution < -0.4 is 11.1 Å². The summed E-state index contributed by atoms with van der Waals surface area (Å²) in [6.45, 7) is 7.66. The lowest BCUT2D eigenvalue weighted by atomic mass is 9.70. The summed E-state index contributed by atoms with van der Waals surface area (Å²) in [6.07, 6.45) is 3.77. The number of hydrogen-bond acceptors (Lipinski definition) is 3. The van der Waals surface area contributed by atoms with E-state index in [1.165, 1.54) is 0 Å². The first kappa shape index (κ1) is 17.0. The van der Waals surface area contributed by atoms with Gasteiger partial charge >= 0.3 is 0 Å². The molecule has 1 fully saturated rings. The van der Waals surface area contributed by atoms with Gasteiger partial charge < -0.3 is 16.0 Å². The zero-order valence-corrected chi connectivity index (χ0v) is 13.1. The van der Waals surface area contributed by atoms with Crippen molar-refractivity contribution in [2.45, 2.75) is 46.5 Å². The van der Waals surface area contributed by atoms with Crippen molar-refractivity contribution in [1.82, 2.24) is 10.2 Å². The molecule has 1 saturated carbocycles. The van der Waals surface area contributed by atoms with Crippen LogP contribution in [-0.2, 0) is 9.59 Å². The van der Waals surface area contributed by atoms with Crippen LogP contribution in [0.25, 0.3) is 0 Å². The van der Waals surface area contributed by atoms with Gasteiger partial charge in [-0.1, -0.05) is 6.92 Å². The number of hydrogen-bond donors (Lipinski definition) is 2. The number of nitrogens with one attached hydrogen (secondary N) is 1. The molecule has 3 N–H and O–H groups in total. The van der Waals surface area contributed by atoms with E-state index in [1.807, 2.05) is 13.8 Å². The fourth-order valence-corrected chi connectivity index (χ4v) is 2.91. The Balaban J connectivity index is 2.74. The Kier molecular flexibility index (Phi) is 6.46. The van der Waals surface area contributed by atoms with Crippen molar-refractivity contribution in [2.24, 2.45) is 17.1 Å². The zero-order chi connectivity index (χ0) is 15.2. The van der Waals surface area contributed by atoms with Crippen molar-refractivity contribution >= 4 is 11.8 Å². The van der Waals surface area contributed by atoms with E-state index < -0.39 is 5.41 Å². The largest absolute Gasteiger partial charge is 0.355 e. The average Bonchev–Trinajstić information content (AvgIpc) is 2.45. The molecule has 5 nitrogen and oxygen atoms in total. The van der Waals surface area contributed by atoms with Gasteiger partial charge in [0.1, 0.15) is 0 Å². The summed E-state index contributed by atoms with van der Waals surface area (Å²) in [5, 5.41) is 2.74. The summed E-state index contributed by atoms with van der Waals surface area (Å²) in [4.78, 5) is 26.1. The summed E-state index contributed by atoms with van der Waals surface area (Å²) in [5.74, 6) is 0.626.